The van der Waals surface area contributed by atoms with Crippen LogP contribution in [0.1, 0.15) is 81.4 Å². The number of allylic oxidation sites excluding steroid dienone is 2. The van der Waals surface area contributed by atoms with Gasteiger partial charge in [0, 0.05) is 32.4 Å². The summed E-state index contributed by atoms with van der Waals surface area (Å²) in [5.74, 6) is -0.918. The summed E-state index contributed by atoms with van der Waals surface area (Å²) in [6.45, 7) is 4.29. The van der Waals surface area contributed by atoms with Crippen LogP contribution in [0.2, 0.25) is 0 Å². The van der Waals surface area contributed by atoms with Crippen LogP contribution in [0.4, 0.5) is 4.39 Å². The number of nitrogens with zero attached hydrogens (tertiary/aromatic N) is 5. The number of hydrogen-bond donors (Lipinski definition) is 2. The van der Waals surface area contributed by atoms with Gasteiger partial charge in [-0.2, -0.15) is 5.26 Å². The molecule has 4 aromatic rings. The highest BCUT2D eigenvalue weighted by Gasteiger charge is 2.47. The molecule has 2 saturated heterocycles. The Balaban J connectivity index is 1.17. The number of aliphatic carboxylic acids is 1. The normalized spacial score (nSPS) is 23.7. The molecule has 3 atom stereocenters. The number of carbonyl (C=O) groups is 2. The highest BCUT2D eigenvalue weighted by Crippen LogP contribution is 2.45. The van der Waals surface area contributed by atoms with Gasteiger partial charge in [0.2, 0.25) is 5.89 Å². The second-order valence-electron chi connectivity index (χ2n) is 14.4. The molecule has 0 spiro atoms. The fourth-order valence-corrected chi connectivity index (χ4v) is 8.22. The largest absolute Gasteiger partial charge is 0.480 e. The molecule has 10 nitrogen and oxygen atoms in total. The van der Waals surface area contributed by atoms with Gasteiger partial charge in [0.15, 0.2) is 11.1 Å². The van der Waals surface area contributed by atoms with E-state index in [0.717, 1.165) is 52.7 Å². The van der Waals surface area contributed by atoms with Gasteiger partial charge < -0.3 is 14.8 Å². The van der Waals surface area contributed by atoms with Crippen LogP contribution in [0.3, 0.4) is 0 Å². The van der Waals surface area contributed by atoms with E-state index >= 15 is 0 Å². The number of aryl methyl sites for hydroxylation is 1. The lowest BCUT2D eigenvalue weighted by molar-refractivity contribution is -0.142. The number of likely N-dealkylation sites (tertiary alicyclic amines) is 2. The van der Waals surface area contributed by atoms with Crippen molar-refractivity contribution >= 4 is 40.2 Å². The first-order chi connectivity index (χ1) is 25.1. The second-order valence-corrected chi connectivity index (χ2v) is 14.8. The van der Waals surface area contributed by atoms with Crippen molar-refractivity contribution in [1.82, 2.24) is 25.1 Å². The van der Waals surface area contributed by atoms with Crippen molar-refractivity contribution in [2.45, 2.75) is 74.7 Å². The predicted molar refractivity (Wildman–Crippen MR) is 193 cm³/mol. The molecule has 2 unspecified atom stereocenters. The molecule has 266 valence electrons. The molecule has 2 N–H and O–H groups in total. The fraction of sp³-hybridized carbons (Fsp3) is 0.375. The third-order valence-corrected chi connectivity index (χ3v) is 11.3. The van der Waals surface area contributed by atoms with Crippen LogP contribution in [0.25, 0.3) is 16.7 Å². The molecular weight excluding hydrogens is 683 g/mol. The van der Waals surface area contributed by atoms with E-state index in [1.807, 2.05) is 65.3 Å². The van der Waals surface area contributed by atoms with Crippen molar-refractivity contribution in [3.8, 4) is 6.07 Å². The molecule has 2 aliphatic carbocycles. The van der Waals surface area contributed by atoms with E-state index in [1.165, 1.54) is 0 Å². The number of aromatic nitrogens is 2. The fourth-order valence-electron chi connectivity index (χ4n) is 7.81. The molecule has 1 saturated carbocycles. The molecule has 4 heterocycles. The summed E-state index contributed by atoms with van der Waals surface area (Å²) in [7, 11) is 0. The minimum atomic E-state index is -1.49. The number of carboxylic acid groups (broad SMARTS) is 1. The van der Waals surface area contributed by atoms with Gasteiger partial charge in [0.05, 0.1) is 10.9 Å². The third-order valence-electron chi connectivity index (χ3n) is 10.7. The summed E-state index contributed by atoms with van der Waals surface area (Å²) in [6, 6.07) is 14.9. The molecule has 1 amide bonds. The Kier molecular flexibility index (Phi) is 8.94. The lowest BCUT2D eigenvalue weighted by Gasteiger charge is -2.36. The predicted octanol–water partition coefficient (Wildman–Crippen LogP) is 6.37. The van der Waals surface area contributed by atoms with Crippen LogP contribution < -0.4 is 5.32 Å². The number of oxazole rings is 1. The number of benzene rings is 2. The maximum Gasteiger partial charge on any atom is 0.320 e. The molecule has 4 aliphatic rings. The van der Waals surface area contributed by atoms with Gasteiger partial charge in [0.1, 0.15) is 29.5 Å². The number of pyridine rings is 1. The van der Waals surface area contributed by atoms with E-state index in [2.05, 4.69) is 16.4 Å². The van der Waals surface area contributed by atoms with Crippen LogP contribution in [-0.4, -0.2) is 74.0 Å². The Bertz CT molecular complexity index is 2180. The van der Waals surface area contributed by atoms with Crippen LogP contribution in [0.15, 0.2) is 71.3 Å². The minimum absolute atomic E-state index is 0.112. The van der Waals surface area contributed by atoms with E-state index in [0.29, 0.717) is 44.7 Å². The molecule has 0 radical (unpaired) electrons. The SMILES string of the molecule is Cc1ccccc1C1=CC=CC(NC(=O)c2cc(C3CC3)c(CN3CCC[C@H]3C(=O)O)cn2)(c2nc3cc(CN4CC(F)C4)cc(C#N)c3o2)C1Cl. The monoisotopic (exact) mass is 720 g/mol. The maximum atomic E-state index is 14.4. The third kappa shape index (κ3) is 6.29. The number of halogens is 2. The number of alkyl halides is 2. The summed E-state index contributed by atoms with van der Waals surface area (Å²) in [5.41, 5.74) is 5.08. The number of amides is 1. The Morgan fingerprint density at radius 2 is 1.98 bits per heavy atom. The Morgan fingerprint density at radius 1 is 1.17 bits per heavy atom. The second kappa shape index (κ2) is 13.6. The standard InChI is InChI=1S/C40H38ClFN6O4/c1-23-6-2-3-7-29(23)30-8-4-12-40(36(30)41,39-45-32-15-24(19-47-21-28(42)22-47)14-26(17-43)35(32)52-39)46-37(49)33-16-31(25-10-11-25)27(18-44-33)20-48-13-5-9-34(48)38(50)51/h2-4,6-8,12,14-16,18,25,28,34,36H,5,9-11,13,19-22H2,1H3,(H,46,49)(H,50,51)/t34-,36?,40?/m0/s1. The molecule has 2 aromatic heterocycles. The average molecular weight is 721 g/mol. The molecule has 2 aliphatic heterocycles. The number of carbonyl (C=O) groups excluding carboxylic acids is 1. The van der Waals surface area contributed by atoms with E-state index in [9.17, 15) is 24.3 Å². The maximum absolute atomic E-state index is 14.4. The quantitative estimate of drug-likeness (QED) is 0.179. The van der Waals surface area contributed by atoms with Gasteiger partial charge in [-0.1, -0.05) is 36.4 Å². The van der Waals surface area contributed by atoms with Gasteiger partial charge >= 0.3 is 5.97 Å². The summed E-state index contributed by atoms with van der Waals surface area (Å²) in [4.78, 5) is 39.7. The lowest BCUT2D eigenvalue weighted by atomic mass is 9.81. The van der Waals surface area contributed by atoms with E-state index in [4.69, 9.17) is 21.0 Å². The van der Waals surface area contributed by atoms with Crippen LogP contribution in [-0.2, 0) is 23.4 Å². The Labute approximate surface area is 305 Å². The number of hydrogen-bond acceptors (Lipinski definition) is 8. The molecule has 2 aromatic carbocycles. The zero-order valence-electron chi connectivity index (χ0n) is 28.7. The van der Waals surface area contributed by atoms with Crippen LogP contribution in [0.5, 0.6) is 0 Å². The number of rotatable bonds is 10. The van der Waals surface area contributed by atoms with Crippen molar-refractivity contribution in [2.24, 2.45) is 0 Å². The Hall–Kier alpha value is -4.89. The number of nitriles is 1. The first-order valence-electron chi connectivity index (χ1n) is 17.7. The zero-order valence-corrected chi connectivity index (χ0v) is 29.4. The summed E-state index contributed by atoms with van der Waals surface area (Å²) >= 11 is 7.46. The molecular formula is C40H38ClFN6O4. The van der Waals surface area contributed by atoms with E-state index in [1.54, 1.807) is 18.3 Å². The van der Waals surface area contributed by atoms with Crippen molar-refractivity contribution < 1.29 is 23.5 Å². The molecule has 0 bridgehead atoms. The highest BCUT2D eigenvalue weighted by atomic mass is 35.5. The average Bonchev–Trinajstić information content (AvgIpc) is 3.69. The molecule has 3 fully saturated rings. The summed E-state index contributed by atoms with van der Waals surface area (Å²) in [5, 5.41) is 22.1. The summed E-state index contributed by atoms with van der Waals surface area (Å²) < 4.78 is 20.0. The molecule has 12 heteroatoms. The Morgan fingerprint density at radius 3 is 2.71 bits per heavy atom. The number of fused-ring (bicyclic) bond motifs is 1. The van der Waals surface area contributed by atoms with E-state index < -0.39 is 35.0 Å². The molecule has 8 rings (SSSR count). The van der Waals surface area contributed by atoms with Crippen LogP contribution >= 0.6 is 11.6 Å². The van der Waals surface area contributed by atoms with Crippen molar-refractivity contribution in [1.29, 1.82) is 5.26 Å². The smallest absolute Gasteiger partial charge is 0.320 e. The summed E-state index contributed by atoms with van der Waals surface area (Å²) in [6.07, 6.45) is 9.75. The first kappa shape index (κ1) is 34.2. The van der Waals surface area contributed by atoms with E-state index in [-0.39, 0.29) is 28.6 Å². The van der Waals surface area contributed by atoms with Gasteiger partial charge in [-0.15, -0.1) is 11.6 Å². The topological polar surface area (TPSA) is 136 Å². The van der Waals surface area contributed by atoms with Crippen LogP contribution in [0, 0.1) is 18.3 Å². The zero-order chi connectivity index (χ0) is 36.1. The van der Waals surface area contributed by atoms with Gasteiger partial charge in [-0.05, 0) is 103 Å². The van der Waals surface area contributed by atoms with Gasteiger partial charge in [0.25, 0.3) is 5.91 Å². The number of carboxylic acids is 1. The van der Waals surface area contributed by atoms with Crippen molar-refractivity contribution in [3.63, 3.8) is 0 Å². The van der Waals surface area contributed by atoms with Crippen molar-refractivity contribution in [2.75, 3.05) is 19.6 Å². The lowest BCUT2D eigenvalue weighted by Crippen LogP contribution is -2.52. The van der Waals surface area contributed by atoms with Gasteiger partial charge in [-0.25, -0.2) is 9.37 Å². The minimum Gasteiger partial charge on any atom is -0.480 e. The van der Waals surface area contributed by atoms with Crippen molar-refractivity contribution in [3.05, 3.63) is 112 Å². The highest BCUT2D eigenvalue weighted by molar-refractivity contribution is 6.28. The molecule has 52 heavy (non-hydrogen) atoms. The number of nitrogens with one attached hydrogen (secondary N) is 1. The van der Waals surface area contributed by atoms with Gasteiger partial charge in [-0.3, -0.25) is 24.4 Å². The first-order valence-corrected chi connectivity index (χ1v) is 18.2.